The van der Waals surface area contributed by atoms with E-state index >= 15 is 0 Å². The molecule has 92 valence electrons. The second-order valence-corrected chi connectivity index (χ2v) is 5.70. The molecule has 0 aliphatic carbocycles. The molecule has 0 aliphatic rings. The highest BCUT2D eigenvalue weighted by atomic mass is 35.5. The SMILES string of the molecule is O=S(=O)(CCCCCl)NCCc1ncc[nH]1. The fraction of sp³-hybridized carbons (Fsp3) is 0.667. The molecule has 7 heteroatoms. The number of rotatable bonds is 8. The number of hydrogen-bond acceptors (Lipinski definition) is 3. The van der Waals surface area contributed by atoms with E-state index < -0.39 is 10.0 Å². The number of aromatic amines is 1. The van der Waals surface area contributed by atoms with Gasteiger partial charge in [0.15, 0.2) is 0 Å². The van der Waals surface area contributed by atoms with Gasteiger partial charge < -0.3 is 4.98 Å². The number of alkyl halides is 1. The number of imidazole rings is 1. The molecule has 0 saturated carbocycles. The van der Waals surface area contributed by atoms with Crippen molar-refractivity contribution in [3.05, 3.63) is 18.2 Å². The van der Waals surface area contributed by atoms with E-state index in [9.17, 15) is 8.42 Å². The molecule has 0 radical (unpaired) electrons. The van der Waals surface area contributed by atoms with Gasteiger partial charge in [-0.25, -0.2) is 18.1 Å². The van der Waals surface area contributed by atoms with Crippen molar-refractivity contribution in [2.45, 2.75) is 19.3 Å². The van der Waals surface area contributed by atoms with Crippen LogP contribution in [-0.4, -0.2) is 36.6 Å². The van der Waals surface area contributed by atoms with Crippen molar-refractivity contribution in [1.82, 2.24) is 14.7 Å². The Balaban J connectivity index is 2.20. The minimum Gasteiger partial charge on any atom is -0.349 e. The molecule has 0 atom stereocenters. The van der Waals surface area contributed by atoms with Crippen molar-refractivity contribution in [1.29, 1.82) is 0 Å². The Morgan fingerprint density at radius 3 is 2.88 bits per heavy atom. The maximum absolute atomic E-state index is 11.4. The summed E-state index contributed by atoms with van der Waals surface area (Å²) in [5.41, 5.74) is 0. The summed E-state index contributed by atoms with van der Waals surface area (Å²) in [5.74, 6) is 1.42. The van der Waals surface area contributed by atoms with Gasteiger partial charge in [-0.1, -0.05) is 0 Å². The third kappa shape index (κ3) is 5.48. The normalized spacial score (nSPS) is 11.8. The first kappa shape index (κ1) is 13.5. The van der Waals surface area contributed by atoms with E-state index in [1.165, 1.54) is 0 Å². The van der Waals surface area contributed by atoms with Crippen molar-refractivity contribution in [3.8, 4) is 0 Å². The summed E-state index contributed by atoms with van der Waals surface area (Å²) in [5, 5.41) is 0. The largest absolute Gasteiger partial charge is 0.349 e. The fourth-order valence-corrected chi connectivity index (χ4v) is 2.55. The summed E-state index contributed by atoms with van der Waals surface area (Å²) >= 11 is 5.47. The fourth-order valence-electron chi connectivity index (χ4n) is 1.22. The molecule has 1 aromatic rings. The Bertz CT molecular complexity index is 377. The van der Waals surface area contributed by atoms with Gasteiger partial charge >= 0.3 is 0 Å². The molecular weight excluding hydrogens is 250 g/mol. The molecule has 0 fully saturated rings. The number of nitrogens with zero attached hydrogens (tertiary/aromatic N) is 1. The number of aromatic nitrogens is 2. The lowest BCUT2D eigenvalue weighted by Crippen LogP contribution is -2.28. The van der Waals surface area contributed by atoms with Crippen LogP contribution in [-0.2, 0) is 16.4 Å². The van der Waals surface area contributed by atoms with E-state index in [0.717, 1.165) is 12.2 Å². The molecule has 0 aromatic carbocycles. The van der Waals surface area contributed by atoms with Crippen LogP contribution < -0.4 is 4.72 Å². The van der Waals surface area contributed by atoms with Crippen LogP contribution in [0, 0.1) is 0 Å². The molecule has 5 nitrogen and oxygen atoms in total. The van der Waals surface area contributed by atoms with Crippen LogP contribution in [0.2, 0.25) is 0 Å². The van der Waals surface area contributed by atoms with E-state index in [4.69, 9.17) is 11.6 Å². The van der Waals surface area contributed by atoms with Crippen molar-refractivity contribution in [3.63, 3.8) is 0 Å². The van der Waals surface area contributed by atoms with Crippen LogP contribution in [0.25, 0.3) is 0 Å². The number of halogens is 1. The molecule has 16 heavy (non-hydrogen) atoms. The lowest BCUT2D eigenvalue weighted by molar-refractivity contribution is 0.577. The Morgan fingerprint density at radius 1 is 1.44 bits per heavy atom. The number of H-pyrrole nitrogens is 1. The van der Waals surface area contributed by atoms with Gasteiger partial charge in [0.2, 0.25) is 10.0 Å². The maximum Gasteiger partial charge on any atom is 0.211 e. The highest BCUT2D eigenvalue weighted by molar-refractivity contribution is 7.89. The average molecular weight is 266 g/mol. The smallest absolute Gasteiger partial charge is 0.211 e. The molecule has 2 N–H and O–H groups in total. The number of sulfonamides is 1. The van der Waals surface area contributed by atoms with Crippen LogP contribution in [0.5, 0.6) is 0 Å². The van der Waals surface area contributed by atoms with Gasteiger partial charge in [-0.3, -0.25) is 0 Å². The standard InChI is InChI=1S/C9H16ClN3O2S/c10-4-1-2-8-16(14,15)13-5-3-9-11-6-7-12-9/h6-7,13H,1-5,8H2,(H,11,12). The zero-order valence-electron chi connectivity index (χ0n) is 8.95. The van der Waals surface area contributed by atoms with Gasteiger partial charge in [0.05, 0.1) is 5.75 Å². The average Bonchev–Trinajstić information content (AvgIpc) is 2.70. The summed E-state index contributed by atoms with van der Waals surface area (Å²) < 4.78 is 25.4. The van der Waals surface area contributed by atoms with Gasteiger partial charge in [0, 0.05) is 31.2 Å². The first-order valence-corrected chi connectivity index (χ1v) is 7.34. The monoisotopic (exact) mass is 265 g/mol. The summed E-state index contributed by atoms with van der Waals surface area (Å²) in [6.45, 7) is 0.372. The van der Waals surface area contributed by atoms with Crippen LogP contribution in [0.1, 0.15) is 18.7 Å². The van der Waals surface area contributed by atoms with Gasteiger partial charge in [-0.2, -0.15) is 0 Å². The molecule has 0 saturated heterocycles. The third-order valence-electron chi connectivity index (χ3n) is 2.04. The van der Waals surface area contributed by atoms with Gasteiger partial charge in [0.25, 0.3) is 0 Å². The maximum atomic E-state index is 11.4. The molecule has 0 amide bonds. The highest BCUT2D eigenvalue weighted by Crippen LogP contribution is 1.97. The third-order valence-corrected chi connectivity index (χ3v) is 3.77. The Labute approximate surface area is 101 Å². The van der Waals surface area contributed by atoms with E-state index in [2.05, 4.69) is 14.7 Å². The molecule has 1 aromatic heterocycles. The van der Waals surface area contributed by atoms with E-state index in [-0.39, 0.29) is 5.75 Å². The second-order valence-electron chi connectivity index (χ2n) is 3.40. The van der Waals surface area contributed by atoms with Gasteiger partial charge in [-0.15, -0.1) is 11.6 Å². The molecule has 0 unspecified atom stereocenters. The van der Waals surface area contributed by atoms with Crippen molar-refractivity contribution in [2.75, 3.05) is 18.2 Å². The molecule has 0 bridgehead atoms. The topological polar surface area (TPSA) is 74.8 Å². The van der Waals surface area contributed by atoms with E-state index in [0.29, 0.717) is 25.3 Å². The van der Waals surface area contributed by atoms with Gasteiger partial charge in [0.1, 0.15) is 5.82 Å². The van der Waals surface area contributed by atoms with Crippen LogP contribution in [0.15, 0.2) is 12.4 Å². The molecular formula is C9H16ClN3O2S. The van der Waals surface area contributed by atoms with Crippen molar-refractivity contribution >= 4 is 21.6 Å². The summed E-state index contributed by atoms with van der Waals surface area (Å²) in [7, 11) is -3.16. The minimum atomic E-state index is -3.16. The van der Waals surface area contributed by atoms with E-state index in [1.807, 2.05) is 0 Å². The molecule has 0 aliphatic heterocycles. The van der Waals surface area contributed by atoms with Crippen molar-refractivity contribution < 1.29 is 8.42 Å². The van der Waals surface area contributed by atoms with E-state index in [1.54, 1.807) is 12.4 Å². The molecule has 1 rings (SSSR count). The quantitative estimate of drug-likeness (QED) is 0.542. The number of unbranched alkanes of at least 4 members (excludes halogenated alkanes) is 1. The lowest BCUT2D eigenvalue weighted by Gasteiger charge is -2.04. The minimum absolute atomic E-state index is 0.137. The highest BCUT2D eigenvalue weighted by Gasteiger charge is 2.08. The molecule has 1 heterocycles. The summed E-state index contributed by atoms with van der Waals surface area (Å²) in [6, 6.07) is 0. The van der Waals surface area contributed by atoms with Crippen LogP contribution in [0.4, 0.5) is 0 Å². The number of hydrogen-bond donors (Lipinski definition) is 2. The summed E-state index contributed by atoms with van der Waals surface area (Å²) in [4.78, 5) is 6.92. The first-order valence-electron chi connectivity index (χ1n) is 5.15. The first-order chi connectivity index (χ1) is 7.64. The summed E-state index contributed by atoms with van der Waals surface area (Å²) in [6.07, 6.45) is 5.25. The lowest BCUT2D eigenvalue weighted by atomic mass is 10.4. The van der Waals surface area contributed by atoms with Gasteiger partial charge in [-0.05, 0) is 12.8 Å². The zero-order chi connectivity index (χ0) is 11.9. The van der Waals surface area contributed by atoms with Crippen molar-refractivity contribution in [2.24, 2.45) is 0 Å². The predicted molar refractivity (Wildman–Crippen MR) is 64.0 cm³/mol. The Kier molecular flexibility index (Phi) is 5.79. The molecule has 0 spiro atoms. The Morgan fingerprint density at radius 2 is 2.25 bits per heavy atom. The second kappa shape index (κ2) is 6.88. The predicted octanol–water partition coefficient (Wildman–Crippen LogP) is 0.891. The van der Waals surface area contributed by atoms with Crippen LogP contribution in [0.3, 0.4) is 0 Å². The number of nitrogens with one attached hydrogen (secondary N) is 2. The Hall–Kier alpha value is -0.590. The zero-order valence-corrected chi connectivity index (χ0v) is 10.5. The van der Waals surface area contributed by atoms with Crippen LogP contribution >= 0.6 is 11.6 Å².